The van der Waals surface area contributed by atoms with Crippen LogP contribution in [0.4, 0.5) is 0 Å². The smallest absolute Gasteiger partial charge is 0.219 e. The van der Waals surface area contributed by atoms with Crippen LogP contribution < -0.4 is 11.1 Å². The maximum atomic E-state index is 11.4. The summed E-state index contributed by atoms with van der Waals surface area (Å²) < 4.78 is 1.27. The molecule has 0 saturated heterocycles. The molecule has 0 heterocycles. The van der Waals surface area contributed by atoms with Crippen molar-refractivity contribution in [3.8, 4) is 0 Å². The molecule has 3 nitrogen and oxygen atoms in total. The van der Waals surface area contributed by atoms with Gasteiger partial charge in [0.05, 0.1) is 0 Å². The van der Waals surface area contributed by atoms with E-state index in [1.807, 2.05) is 0 Å². The monoisotopic (exact) mass is 374 g/mol. The Labute approximate surface area is 129 Å². The summed E-state index contributed by atoms with van der Waals surface area (Å²) in [6.45, 7) is 1.34. The molecule has 19 heavy (non-hydrogen) atoms. The van der Waals surface area contributed by atoms with Crippen LogP contribution in [0.25, 0.3) is 0 Å². The molecular weight excluding hydrogens is 351 g/mol. The Morgan fingerprint density at radius 1 is 1.11 bits per heavy atom. The van der Waals surface area contributed by atoms with Crippen LogP contribution in [-0.4, -0.2) is 19.0 Å². The number of nitrogens with two attached hydrogens (primary N) is 1. The van der Waals surface area contributed by atoms with E-state index in [-0.39, 0.29) is 5.91 Å². The summed E-state index contributed by atoms with van der Waals surface area (Å²) in [5.74, 6) is 0.155. The molecule has 0 atom stereocenters. The average Bonchev–Trinajstić information content (AvgIpc) is 2.41. The Morgan fingerprint density at radius 3 is 2.53 bits per heavy atom. The van der Waals surface area contributed by atoms with Crippen LogP contribution in [0.1, 0.15) is 37.7 Å². The molecule has 0 spiro atoms. The number of carbonyl (C=O) groups excluding carboxylic acids is 1. The van der Waals surface area contributed by atoms with E-state index in [2.05, 4.69) is 52.2 Å². The minimum absolute atomic E-state index is 0.155. The summed E-state index contributed by atoms with van der Waals surface area (Å²) >= 11 is 2.32. The Bertz CT molecular complexity index is 365. The number of amides is 1. The van der Waals surface area contributed by atoms with Crippen LogP contribution in [0.3, 0.4) is 0 Å². The third-order valence-corrected chi connectivity index (χ3v) is 3.70. The molecule has 0 aliphatic carbocycles. The van der Waals surface area contributed by atoms with Gasteiger partial charge in [-0.2, -0.15) is 0 Å². The number of carbonyl (C=O) groups is 1. The van der Waals surface area contributed by atoms with Crippen molar-refractivity contribution >= 4 is 28.5 Å². The molecule has 0 saturated carbocycles. The summed E-state index contributed by atoms with van der Waals surface area (Å²) in [4.78, 5) is 11.4. The molecule has 0 fully saturated rings. The normalized spacial score (nSPS) is 10.4. The summed E-state index contributed by atoms with van der Waals surface area (Å²) in [5, 5.41) is 2.88. The number of benzene rings is 1. The number of rotatable bonds is 9. The molecule has 4 heteroatoms. The lowest BCUT2D eigenvalue weighted by molar-refractivity contribution is -0.121. The minimum Gasteiger partial charge on any atom is -0.356 e. The van der Waals surface area contributed by atoms with Crippen LogP contribution in [0.5, 0.6) is 0 Å². The number of hydrogen-bond donors (Lipinski definition) is 2. The fourth-order valence-corrected chi connectivity index (χ4v) is 2.22. The van der Waals surface area contributed by atoms with Gasteiger partial charge in [0.15, 0.2) is 0 Å². The number of aryl methyl sites for hydroxylation is 1. The SMILES string of the molecule is NCCCNC(=O)CCCCCc1ccc(I)cc1. The maximum absolute atomic E-state index is 11.4. The van der Waals surface area contributed by atoms with Crippen molar-refractivity contribution in [2.75, 3.05) is 13.1 Å². The quantitative estimate of drug-likeness (QED) is 0.516. The van der Waals surface area contributed by atoms with Gasteiger partial charge in [-0.25, -0.2) is 0 Å². The number of hydrogen-bond acceptors (Lipinski definition) is 2. The highest BCUT2D eigenvalue weighted by molar-refractivity contribution is 14.1. The first-order valence-corrected chi connectivity index (χ1v) is 8.01. The third-order valence-electron chi connectivity index (χ3n) is 2.99. The van der Waals surface area contributed by atoms with Crippen molar-refractivity contribution in [2.45, 2.75) is 38.5 Å². The van der Waals surface area contributed by atoms with Crippen LogP contribution in [0, 0.1) is 3.57 Å². The second-order valence-corrected chi connectivity index (χ2v) is 5.92. The second-order valence-electron chi connectivity index (χ2n) is 4.68. The molecule has 0 unspecified atom stereocenters. The molecule has 1 aromatic carbocycles. The van der Waals surface area contributed by atoms with Gasteiger partial charge in [0, 0.05) is 16.5 Å². The fraction of sp³-hybridized carbons (Fsp3) is 0.533. The maximum Gasteiger partial charge on any atom is 0.219 e. The van der Waals surface area contributed by atoms with Gasteiger partial charge in [0.2, 0.25) is 5.91 Å². The van der Waals surface area contributed by atoms with Crippen LogP contribution in [0.2, 0.25) is 0 Å². The lowest BCUT2D eigenvalue weighted by Crippen LogP contribution is -2.25. The number of unbranched alkanes of at least 4 members (excludes halogenated alkanes) is 2. The van der Waals surface area contributed by atoms with Crippen molar-refractivity contribution in [2.24, 2.45) is 5.73 Å². The van der Waals surface area contributed by atoms with E-state index in [0.717, 1.165) is 32.1 Å². The second kappa shape index (κ2) is 10.2. The van der Waals surface area contributed by atoms with Crippen molar-refractivity contribution < 1.29 is 4.79 Å². The van der Waals surface area contributed by atoms with Gasteiger partial charge in [-0.3, -0.25) is 4.79 Å². The Balaban J connectivity index is 2.01. The van der Waals surface area contributed by atoms with Gasteiger partial charge in [0.1, 0.15) is 0 Å². The van der Waals surface area contributed by atoms with Gasteiger partial charge in [-0.15, -0.1) is 0 Å². The van der Waals surface area contributed by atoms with E-state index in [9.17, 15) is 4.79 Å². The van der Waals surface area contributed by atoms with Crippen molar-refractivity contribution in [3.05, 3.63) is 33.4 Å². The summed E-state index contributed by atoms with van der Waals surface area (Å²) in [5.41, 5.74) is 6.75. The van der Waals surface area contributed by atoms with Gasteiger partial charge in [-0.1, -0.05) is 18.6 Å². The standard InChI is InChI=1S/C15H23IN2O/c16-14-9-7-13(8-10-14)5-2-1-3-6-15(19)18-12-4-11-17/h7-10H,1-6,11-12,17H2,(H,18,19). The topological polar surface area (TPSA) is 55.1 Å². The van der Waals surface area contributed by atoms with Gasteiger partial charge >= 0.3 is 0 Å². The molecule has 0 bridgehead atoms. The summed E-state index contributed by atoms with van der Waals surface area (Å²) in [6, 6.07) is 8.64. The lowest BCUT2D eigenvalue weighted by atomic mass is 10.1. The van der Waals surface area contributed by atoms with E-state index < -0.39 is 0 Å². The van der Waals surface area contributed by atoms with Crippen molar-refractivity contribution in [1.82, 2.24) is 5.32 Å². The fourth-order valence-electron chi connectivity index (χ4n) is 1.86. The zero-order valence-corrected chi connectivity index (χ0v) is 13.5. The highest BCUT2D eigenvalue weighted by Crippen LogP contribution is 2.10. The largest absolute Gasteiger partial charge is 0.356 e. The molecule has 0 aliphatic rings. The predicted octanol–water partition coefficient (Wildman–Crippen LogP) is 2.86. The predicted molar refractivity (Wildman–Crippen MR) is 88.0 cm³/mol. The summed E-state index contributed by atoms with van der Waals surface area (Å²) in [6.07, 6.45) is 5.83. The average molecular weight is 374 g/mol. The molecular formula is C15H23IN2O. The Hall–Kier alpha value is -0.620. The van der Waals surface area contributed by atoms with E-state index >= 15 is 0 Å². The molecule has 0 aromatic heterocycles. The first-order chi connectivity index (χ1) is 9.22. The van der Waals surface area contributed by atoms with Gasteiger partial charge < -0.3 is 11.1 Å². The van der Waals surface area contributed by atoms with E-state index in [4.69, 9.17) is 5.73 Å². The lowest BCUT2D eigenvalue weighted by Gasteiger charge is -2.04. The first-order valence-electron chi connectivity index (χ1n) is 6.93. The zero-order chi connectivity index (χ0) is 13.9. The zero-order valence-electron chi connectivity index (χ0n) is 11.3. The summed E-state index contributed by atoms with van der Waals surface area (Å²) in [7, 11) is 0. The number of nitrogens with one attached hydrogen (secondary N) is 1. The first kappa shape index (κ1) is 16.4. The molecule has 3 N–H and O–H groups in total. The van der Waals surface area contributed by atoms with E-state index in [1.54, 1.807) is 0 Å². The highest BCUT2D eigenvalue weighted by atomic mass is 127. The highest BCUT2D eigenvalue weighted by Gasteiger charge is 2.00. The van der Waals surface area contributed by atoms with Crippen LogP contribution in [0.15, 0.2) is 24.3 Å². The van der Waals surface area contributed by atoms with E-state index in [0.29, 0.717) is 19.5 Å². The molecule has 1 rings (SSSR count). The third kappa shape index (κ3) is 8.21. The molecule has 0 radical (unpaired) electrons. The Morgan fingerprint density at radius 2 is 1.84 bits per heavy atom. The molecule has 106 valence electrons. The van der Waals surface area contributed by atoms with Crippen molar-refractivity contribution in [3.63, 3.8) is 0 Å². The molecule has 0 aliphatic heterocycles. The van der Waals surface area contributed by atoms with E-state index in [1.165, 1.54) is 9.13 Å². The van der Waals surface area contributed by atoms with Crippen molar-refractivity contribution in [1.29, 1.82) is 0 Å². The van der Waals surface area contributed by atoms with Gasteiger partial charge in [0.25, 0.3) is 0 Å². The van der Waals surface area contributed by atoms with Gasteiger partial charge in [-0.05, 0) is 72.5 Å². The molecule has 1 amide bonds. The van der Waals surface area contributed by atoms with Crippen LogP contribution in [-0.2, 0) is 11.2 Å². The Kier molecular flexibility index (Phi) is 8.82. The molecule has 1 aromatic rings. The minimum atomic E-state index is 0.155. The van der Waals surface area contributed by atoms with Crippen LogP contribution >= 0.6 is 22.6 Å². The number of halogens is 1.